The molecule has 42 heavy (non-hydrogen) atoms. The number of allylic oxidation sites excluding steroid dienone is 1. The molecule has 3 nitrogen and oxygen atoms in total. The molecular formula is C39H29N3. The van der Waals surface area contributed by atoms with Crippen molar-refractivity contribution in [3.63, 3.8) is 0 Å². The van der Waals surface area contributed by atoms with Crippen LogP contribution in [0.15, 0.2) is 140 Å². The fourth-order valence-electron chi connectivity index (χ4n) is 7.47. The van der Waals surface area contributed by atoms with Gasteiger partial charge < -0.3 is 9.88 Å². The van der Waals surface area contributed by atoms with Gasteiger partial charge in [0.15, 0.2) is 0 Å². The number of H-pyrrole nitrogens is 1. The average molecular weight is 540 g/mol. The molecule has 0 spiro atoms. The Labute approximate surface area is 245 Å². The summed E-state index contributed by atoms with van der Waals surface area (Å²) in [6.45, 7) is 0. The van der Waals surface area contributed by atoms with Gasteiger partial charge in [0.05, 0.1) is 28.5 Å². The maximum Gasteiger partial charge on any atom is 0.115 e. The Hall–Kier alpha value is -5.28. The first-order valence-electron chi connectivity index (χ1n) is 14.8. The molecular weight excluding hydrogens is 510 g/mol. The van der Waals surface area contributed by atoms with Gasteiger partial charge in [-0.05, 0) is 65.4 Å². The van der Waals surface area contributed by atoms with E-state index in [9.17, 15) is 0 Å². The summed E-state index contributed by atoms with van der Waals surface area (Å²) in [5.41, 5.74) is 13.1. The molecule has 2 aromatic heterocycles. The van der Waals surface area contributed by atoms with Crippen molar-refractivity contribution in [2.24, 2.45) is 0 Å². The molecule has 1 N–H and O–H groups in total. The van der Waals surface area contributed by atoms with Crippen molar-refractivity contribution in [1.82, 2.24) is 9.55 Å². The molecule has 4 heterocycles. The zero-order chi connectivity index (χ0) is 27.6. The summed E-state index contributed by atoms with van der Waals surface area (Å²) in [5.74, 6) is 1.08. The molecule has 0 saturated carbocycles. The van der Waals surface area contributed by atoms with Crippen LogP contribution in [0.5, 0.6) is 0 Å². The Bertz CT molecular complexity index is 2130. The quantitative estimate of drug-likeness (QED) is 0.237. The summed E-state index contributed by atoms with van der Waals surface area (Å²) in [5, 5.41) is 2.58. The molecule has 5 aromatic carbocycles. The highest BCUT2D eigenvalue weighted by Crippen LogP contribution is 2.57. The van der Waals surface area contributed by atoms with Crippen LogP contribution in [0.4, 0.5) is 5.69 Å². The molecule has 2 aliphatic heterocycles. The largest absolute Gasteiger partial charge is 0.348 e. The monoisotopic (exact) mass is 539 g/mol. The van der Waals surface area contributed by atoms with E-state index in [-0.39, 0.29) is 6.04 Å². The topological polar surface area (TPSA) is 24.0 Å². The van der Waals surface area contributed by atoms with Gasteiger partial charge in [-0.1, -0.05) is 103 Å². The van der Waals surface area contributed by atoms with Crippen LogP contribution in [-0.4, -0.2) is 9.55 Å². The Morgan fingerprint density at radius 1 is 0.619 bits per heavy atom. The number of nitrogens with zero attached hydrogens (tertiary/aromatic N) is 2. The van der Waals surface area contributed by atoms with Crippen molar-refractivity contribution < 1.29 is 0 Å². The predicted octanol–water partition coefficient (Wildman–Crippen LogP) is 10.0. The lowest BCUT2D eigenvalue weighted by atomic mass is 9.79. The zero-order valence-corrected chi connectivity index (χ0v) is 23.2. The molecule has 200 valence electrons. The van der Waals surface area contributed by atoms with Gasteiger partial charge in [-0.15, -0.1) is 0 Å². The molecule has 1 unspecified atom stereocenters. The van der Waals surface area contributed by atoms with Gasteiger partial charge >= 0.3 is 0 Å². The van der Waals surface area contributed by atoms with E-state index in [4.69, 9.17) is 0 Å². The Morgan fingerprint density at radius 3 is 2.17 bits per heavy atom. The lowest BCUT2D eigenvalue weighted by molar-refractivity contribution is 0.630. The number of rotatable bonds is 3. The number of benzene rings is 5. The summed E-state index contributed by atoms with van der Waals surface area (Å²) in [7, 11) is 0. The first-order valence-corrected chi connectivity index (χ1v) is 14.8. The maximum absolute atomic E-state index is 3.47. The van der Waals surface area contributed by atoms with E-state index in [1.807, 2.05) is 6.20 Å². The number of nitrogens with one attached hydrogen (secondary N) is 1. The number of fused-ring (bicyclic) bond motifs is 10. The van der Waals surface area contributed by atoms with E-state index < -0.39 is 0 Å². The summed E-state index contributed by atoms with van der Waals surface area (Å²) in [6, 6.07) is 49.1. The van der Waals surface area contributed by atoms with Crippen LogP contribution in [0.3, 0.4) is 0 Å². The Kier molecular flexibility index (Phi) is 5.09. The van der Waals surface area contributed by atoms with Crippen molar-refractivity contribution in [2.75, 3.05) is 4.90 Å². The highest BCUT2D eigenvalue weighted by Gasteiger charge is 2.38. The molecule has 0 radical (unpaired) electrons. The van der Waals surface area contributed by atoms with Crippen LogP contribution in [0.2, 0.25) is 0 Å². The second-order valence-electron chi connectivity index (χ2n) is 11.3. The number of hydrogen-bond donors (Lipinski definition) is 1. The van der Waals surface area contributed by atoms with E-state index in [0.29, 0.717) is 0 Å². The first kappa shape index (κ1) is 23.4. The van der Waals surface area contributed by atoms with Gasteiger partial charge in [-0.3, -0.25) is 4.57 Å². The summed E-state index contributed by atoms with van der Waals surface area (Å²) in [4.78, 5) is 6.13. The minimum Gasteiger partial charge on any atom is -0.348 e. The lowest BCUT2D eigenvalue weighted by Gasteiger charge is -2.45. The zero-order valence-electron chi connectivity index (χ0n) is 23.2. The molecule has 7 aromatic rings. The van der Waals surface area contributed by atoms with Gasteiger partial charge in [0, 0.05) is 28.1 Å². The van der Waals surface area contributed by atoms with Gasteiger partial charge in [0.1, 0.15) is 5.82 Å². The van der Waals surface area contributed by atoms with Gasteiger partial charge in [-0.2, -0.15) is 0 Å². The van der Waals surface area contributed by atoms with Crippen molar-refractivity contribution in [3.8, 4) is 16.9 Å². The van der Waals surface area contributed by atoms with E-state index in [0.717, 1.165) is 18.7 Å². The van der Waals surface area contributed by atoms with Gasteiger partial charge in [0.25, 0.3) is 0 Å². The molecule has 1 atom stereocenters. The number of hydrogen-bond acceptors (Lipinski definition) is 1. The second kappa shape index (κ2) is 9.12. The third-order valence-electron chi connectivity index (χ3n) is 9.16. The minimum atomic E-state index is 0.245. The van der Waals surface area contributed by atoms with Crippen molar-refractivity contribution in [2.45, 2.75) is 18.9 Å². The molecule has 0 amide bonds. The molecule has 3 heteroatoms. The van der Waals surface area contributed by atoms with Crippen molar-refractivity contribution >= 4 is 38.8 Å². The van der Waals surface area contributed by atoms with E-state index in [1.165, 1.54) is 66.6 Å². The van der Waals surface area contributed by atoms with E-state index in [1.54, 1.807) is 0 Å². The third-order valence-corrected chi connectivity index (χ3v) is 9.16. The van der Waals surface area contributed by atoms with Crippen LogP contribution < -0.4 is 4.90 Å². The summed E-state index contributed by atoms with van der Waals surface area (Å²) >= 11 is 0. The van der Waals surface area contributed by atoms with Crippen LogP contribution in [-0.2, 0) is 0 Å². The molecule has 0 saturated heterocycles. The minimum absolute atomic E-state index is 0.245. The predicted molar refractivity (Wildman–Crippen MR) is 175 cm³/mol. The number of anilines is 1. The SMILES string of the molecule is c1ccc(C2=C3c4ccccc4-c4c(ccc5c4c4ccccc4n5-c4ccc[nH]4)N3C(c3ccccc3)CC2)cc1. The van der Waals surface area contributed by atoms with Crippen LogP contribution in [0.1, 0.15) is 35.6 Å². The van der Waals surface area contributed by atoms with Crippen LogP contribution in [0.25, 0.3) is 50.0 Å². The lowest BCUT2D eigenvalue weighted by Crippen LogP contribution is -2.34. The molecule has 9 rings (SSSR count). The highest BCUT2D eigenvalue weighted by molar-refractivity contribution is 6.22. The van der Waals surface area contributed by atoms with Gasteiger partial charge in [-0.25, -0.2) is 0 Å². The van der Waals surface area contributed by atoms with Crippen LogP contribution in [0, 0.1) is 0 Å². The number of para-hydroxylation sites is 1. The molecule has 0 aliphatic carbocycles. The fourth-order valence-corrected chi connectivity index (χ4v) is 7.47. The van der Waals surface area contributed by atoms with Crippen LogP contribution >= 0.6 is 0 Å². The second-order valence-corrected chi connectivity index (χ2v) is 11.3. The normalized spacial score (nSPS) is 16.0. The summed E-state index contributed by atoms with van der Waals surface area (Å²) < 4.78 is 2.37. The number of aromatic amines is 1. The maximum atomic E-state index is 3.47. The Morgan fingerprint density at radius 2 is 1.36 bits per heavy atom. The van der Waals surface area contributed by atoms with Crippen molar-refractivity contribution in [3.05, 3.63) is 156 Å². The van der Waals surface area contributed by atoms with E-state index in [2.05, 4.69) is 148 Å². The molecule has 2 aliphatic rings. The van der Waals surface area contributed by atoms with E-state index >= 15 is 0 Å². The average Bonchev–Trinajstić information content (AvgIpc) is 3.71. The third kappa shape index (κ3) is 3.28. The highest BCUT2D eigenvalue weighted by atomic mass is 15.2. The Balaban J connectivity index is 1.43. The first-order chi connectivity index (χ1) is 20.9. The standard InChI is InChI=1S/C39H29N3/c1-3-12-26(13-4-1)28-21-22-32(27-14-5-2-6-15-27)42-35-24-23-34-38(37(35)29-16-7-8-17-30(29)39(28)42)31-18-9-10-19-33(31)41(34)36-20-11-25-40-36/h1-20,23-25,32,40H,21-22H2. The smallest absolute Gasteiger partial charge is 0.115 e. The number of aromatic nitrogens is 2. The molecule has 0 bridgehead atoms. The van der Waals surface area contributed by atoms with Gasteiger partial charge in [0.2, 0.25) is 0 Å². The van der Waals surface area contributed by atoms with Crippen molar-refractivity contribution in [1.29, 1.82) is 0 Å². The fraction of sp³-hybridized carbons (Fsp3) is 0.0769. The molecule has 0 fully saturated rings. The summed E-state index contributed by atoms with van der Waals surface area (Å²) in [6.07, 6.45) is 4.10.